The molecule has 2 aromatic carbocycles. The van der Waals surface area contributed by atoms with Crippen molar-refractivity contribution in [3.63, 3.8) is 0 Å². The van der Waals surface area contributed by atoms with Gasteiger partial charge in [0.05, 0.1) is 0 Å². The van der Waals surface area contributed by atoms with E-state index in [9.17, 15) is 14.0 Å². The molecule has 2 amide bonds. The number of amides is 2. The third-order valence-electron chi connectivity index (χ3n) is 7.25. The first-order chi connectivity index (χ1) is 18.0. The summed E-state index contributed by atoms with van der Waals surface area (Å²) in [5.41, 5.74) is 1.16. The van der Waals surface area contributed by atoms with E-state index in [1.54, 1.807) is 30.3 Å². The first-order valence-electron chi connectivity index (χ1n) is 12.8. The summed E-state index contributed by atoms with van der Waals surface area (Å²) in [6.07, 6.45) is 4.50. The van der Waals surface area contributed by atoms with Gasteiger partial charge in [0, 0.05) is 37.4 Å². The van der Waals surface area contributed by atoms with Crippen LogP contribution in [0.2, 0.25) is 0 Å². The third kappa shape index (κ3) is 5.95. The van der Waals surface area contributed by atoms with Crippen molar-refractivity contribution in [3.8, 4) is 11.5 Å². The summed E-state index contributed by atoms with van der Waals surface area (Å²) in [6, 6.07) is 10.5. The number of anilines is 1. The number of halogens is 1. The molecule has 2 N–H and O–H groups in total. The van der Waals surface area contributed by atoms with Crippen LogP contribution in [-0.4, -0.2) is 65.7 Å². The molecule has 0 aliphatic carbocycles. The Balaban J connectivity index is 1.25. The maximum absolute atomic E-state index is 13.6. The quantitative estimate of drug-likeness (QED) is 0.574. The van der Waals surface area contributed by atoms with Crippen molar-refractivity contribution in [2.75, 3.05) is 38.3 Å². The lowest BCUT2D eigenvalue weighted by Crippen LogP contribution is -2.55. The van der Waals surface area contributed by atoms with Gasteiger partial charge in [-0.25, -0.2) is 4.39 Å². The molecule has 0 bridgehead atoms. The van der Waals surface area contributed by atoms with Gasteiger partial charge >= 0.3 is 0 Å². The van der Waals surface area contributed by atoms with Crippen molar-refractivity contribution in [1.82, 2.24) is 15.1 Å². The number of piperidine rings is 2. The number of fused-ring (bicyclic) bond motifs is 1. The van der Waals surface area contributed by atoms with E-state index in [1.165, 1.54) is 12.1 Å². The highest BCUT2D eigenvalue weighted by molar-refractivity contribution is 7.80. The number of likely N-dealkylation sites (tertiary alicyclic amines) is 2. The molecule has 3 aliphatic heterocycles. The summed E-state index contributed by atoms with van der Waals surface area (Å²) in [7, 11) is 0. The molecular weight excluding hydrogens is 495 g/mol. The number of rotatable bonds is 5. The van der Waals surface area contributed by atoms with Crippen LogP contribution in [0.4, 0.5) is 10.1 Å². The van der Waals surface area contributed by atoms with Gasteiger partial charge in [0.15, 0.2) is 16.6 Å². The Kier molecular flexibility index (Phi) is 7.73. The lowest BCUT2D eigenvalue weighted by atomic mass is 9.88. The monoisotopic (exact) mass is 526 g/mol. The molecule has 2 fully saturated rings. The number of thiocarbonyl (C=S) groups is 1. The first kappa shape index (κ1) is 25.3. The number of hydrogen-bond donors (Lipinski definition) is 2. The molecular formula is C27H31FN4O4S. The molecule has 2 saturated heterocycles. The molecule has 0 aromatic heterocycles. The van der Waals surface area contributed by atoms with E-state index in [0.717, 1.165) is 38.0 Å². The van der Waals surface area contributed by atoms with E-state index in [0.29, 0.717) is 48.1 Å². The molecule has 0 saturated carbocycles. The standard InChI is InChI=1S/C27H31FN4O4S/c28-20-5-7-21(8-6-20)29-27(37)32-14-10-18(11-15-32)24(26(34)31-12-2-1-3-13-31)30-25(33)19-4-9-22-23(16-19)36-17-35-22/h4-9,16,18,24H,1-3,10-15,17H2,(H,29,37)(H,30,33)/t24-/m0/s1. The Hall–Kier alpha value is -3.40. The number of carbonyl (C=O) groups excluding carboxylic acids is 2. The van der Waals surface area contributed by atoms with Crippen LogP contribution in [0.3, 0.4) is 0 Å². The van der Waals surface area contributed by atoms with Gasteiger partial charge in [-0.05, 0) is 92.7 Å². The lowest BCUT2D eigenvalue weighted by molar-refractivity contribution is -0.136. The maximum Gasteiger partial charge on any atom is 0.252 e. The van der Waals surface area contributed by atoms with E-state index >= 15 is 0 Å². The average Bonchev–Trinajstić information content (AvgIpc) is 3.41. The average molecular weight is 527 g/mol. The van der Waals surface area contributed by atoms with E-state index in [2.05, 4.69) is 15.5 Å². The number of hydrogen-bond acceptors (Lipinski definition) is 5. The van der Waals surface area contributed by atoms with Gasteiger partial charge in [-0.1, -0.05) is 0 Å². The summed E-state index contributed by atoms with van der Waals surface area (Å²) >= 11 is 5.57. The summed E-state index contributed by atoms with van der Waals surface area (Å²) in [5, 5.41) is 6.77. The van der Waals surface area contributed by atoms with Gasteiger partial charge in [0.1, 0.15) is 11.9 Å². The van der Waals surface area contributed by atoms with Crippen LogP contribution in [0.25, 0.3) is 0 Å². The molecule has 5 rings (SSSR count). The topological polar surface area (TPSA) is 83.1 Å². The van der Waals surface area contributed by atoms with E-state index in [-0.39, 0.29) is 30.3 Å². The van der Waals surface area contributed by atoms with Gasteiger partial charge < -0.3 is 29.9 Å². The highest BCUT2D eigenvalue weighted by atomic mass is 32.1. The molecule has 0 spiro atoms. The molecule has 2 aromatic rings. The van der Waals surface area contributed by atoms with Crippen molar-refractivity contribution >= 4 is 34.8 Å². The van der Waals surface area contributed by atoms with Crippen LogP contribution in [0, 0.1) is 11.7 Å². The molecule has 196 valence electrons. The third-order valence-corrected chi connectivity index (χ3v) is 7.61. The predicted molar refractivity (Wildman–Crippen MR) is 141 cm³/mol. The van der Waals surface area contributed by atoms with Gasteiger partial charge in [-0.2, -0.15) is 0 Å². The fraction of sp³-hybridized carbons (Fsp3) is 0.444. The van der Waals surface area contributed by atoms with Crippen molar-refractivity contribution in [3.05, 3.63) is 53.8 Å². The number of nitrogens with zero attached hydrogens (tertiary/aromatic N) is 2. The van der Waals surface area contributed by atoms with Crippen molar-refractivity contribution in [2.24, 2.45) is 5.92 Å². The van der Waals surface area contributed by atoms with Crippen LogP contribution >= 0.6 is 12.2 Å². The number of carbonyl (C=O) groups is 2. The number of benzene rings is 2. The molecule has 3 heterocycles. The second-order valence-electron chi connectivity index (χ2n) is 9.67. The molecule has 0 radical (unpaired) electrons. The van der Waals surface area contributed by atoms with Crippen LogP contribution in [-0.2, 0) is 4.79 Å². The second-order valence-corrected chi connectivity index (χ2v) is 10.1. The minimum atomic E-state index is -0.614. The molecule has 37 heavy (non-hydrogen) atoms. The van der Waals surface area contributed by atoms with Crippen molar-refractivity contribution in [2.45, 2.75) is 38.1 Å². The Morgan fingerprint density at radius 1 is 0.919 bits per heavy atom. The van der Waals surface area contributed by atoms with Crippen LogP contribution in [0.1, 0.15) is 42.5 Å². The Bertz CT molecular complexity index is 1150. The first-order valence-corrected chi connectivity index (χ1v) is 13.2. The summed E-state index contributed by atoms with van der Waals surface area (Å²) in [6.45, 7) is 2.88. The van der Waals surface area contributed by atoms with E-state index in [4.69, 9.17) is 21.7 Å². The van der Waals surface area contributed by atoms with Crippen molar-refractivity contribution in [1.29, 1.82) is 0 Å². The summed E-state index contributed by atoms with van der Waals surface area (Å²) in [5.74, 6) is 0.503. The zero-order valence-corrected chi connectivity index (χ0v) is 21.4. The molecule has 3 aliphatic rings. The fourth-order valence-electron chi connectivity index (χ4n) is 5.13. The highest BCUT2D eigenvalue weighted by Gasteiger charge is 2.36. The Morgan fingerprint density at radius 2 is 1.62 bits per heavy atom. The Morgan fingerprint density at radius 3 is 2.35 bits per heavy atom. The summed E-state index contributed by atoms with van der Waals surface area (Å²) < 4.78 is 24.0. The zero-order valence-electron chi connectivity index (χ0n) is 20.6. The van der Waals surface area contributed by atoms with E-state index in [1.807, 2.05) is 4.90 Å². The Labute approximate surface area is 221 Å². The number of ether oxygens (including phenoxy) is 2. The molecule has 0 unspecified atom stereocenters. The smallest absolute Gasteiger partial charge is 0.252 e. The number of nitrogens with one attached hydrogen (secondary N) is 2. The van der Waals surface area contributed by atoms with Crippen LogP contribution in [0.5, 0.6) is 11.5 Å². The normalized spacial score (nSPS) is 18.3. The zero-order chi connectivity index (χ0) is 25.8. The molecule has 8 nitrogen and oxygen atoms in total. The van der Waals surface area contributed by atoms with Crippen molar-refractivity contribution < 1.29 is 23.5 Å². The highest BCUT2D eigenvalue weighted by Crippen LogP contribution is 2.33. The van der Waals surface area contributed by atoms with Gasteiger partial charge in [-0.3, -0.25) is 9.59 Å². The minimum absolute atomic E-state index is 0.0146. The molecule has 1 atom stereocenters. The fourth-order valence-corrected chi connectivity index (χ4v) is 5.43. The summed E-state index contributed by atoms with van der Waals surface area (Å²) in [4.78, 5) is 30.8. The largest absolute Gasteiger partial charge is 0.454 e. The molecule has 10 heteroatoms. The van der Waals surface area contributed by atoms with Crippen LogP contribution in [0.15, 0.2) is 42.5 Å². The van der Waals surface area contributed by atoms with Gasteiger partial charge in [-0.15, -0.1) is 0 Å². The maximum atomic E-state index is 13.6. The second kappa shape index (κ2) is 11.3. The van der Waals surface area contributed by atoms with Crippen LogP contribution < -0.4 is 20.1 Å². The lowest BCUT2D eigenvalue weighted by Gasteiger charge is -2.39. The van der Waals surface area contributed by atoms with Gasteiger partial charge in [0.2, 0.25) is 12.7 Å². The predicted octanol–water partition coefficient (Wildman–Crippen LogP) is 3.77. The van der Waals surface area contributed by atoms with E-state index < -0.39 is 6.04 Å². The van der Waals surface area contributed by atoms with Gasteiger partial charge in [0.25, 0.3) is 5.91 Å². The SMILES string of the molecule is O=C(N[C@H](C(=O)N1CCCCC1)C1CCN(C(=S)Nc2ccc(F)cc2)CC1)c1ccc2c(c1)OCO2. The minimum Gasteiger partial charge on any atom is -0.454 e.